The summed E-state index contributed by atoms with van der Waals surface area (Å²) in [4.78, 5) is 22.3. The van der Waals surface area contributed by atoms with Crippen LogP contribution in [0.5, 0.6) is 0 Å². The van der Waals surface area contributed by atoms with Gasteiger partial charge >= 0.3 is 12.0 Å². The summed E-state index contributed by atoms with van der Waals surface area (Å²) in [5, 5.41) is 18.2. The van der Waals surface area contributed by atoms with E-state index in [1.165, 1.54) is 5.56 Å². The number of carbonyl (C=O) groups is 2. The maximum Gasteiger partial charge on any atom is 0.319 e. The standard InChI is InChI=1S/C15H16N2O3S/c18-14(19)9-11-1-3-13(4-2-11)17-15(20)16-7-5-12-6-8-21-10-12/h1-4,6,8,10H,5,7,9H2,(H,18,19)(H2,16,17,20). The van der Waals surface area contributed by atoms with Gasteiger partial charge < -0.3 is 15.7 Å². The second-order valence-electron chi connectivity index (χ2n) is 4.53. The van der Waals surface area contributed by atoms with Crippen LogP contribution >= 0.6 is 11.3 Å². The van der Waals surface area contributed by atoms with Gasteiger partial charge in [-0.1, -0.05) is 12.1 Å². The Morgan fingerprint density at radius 3 is 2.48 bits per heavy atom. The number of rotatable bonds is 6. The van der Waals surface area contributed by atoms with Gasteiger partial charge in [0.25, 0.3) is 0 Å². The zero-order valence-corrected chi connectivity index (χ0v) is 12.2. The van der Waals surface area contributed by atoms with Crippen molar-refractivity contribution < 1.29 is 14.7 Å². The molecule has 1 aromatic carbocycles. The highest BCUT2D eigenvalue weighted by Gasteiger charge is 2.03. The SMILES string of the molecule is O=C(O)Cc1ccc(NC(=O)NCCc2ccsc2)cc1. The molecule has 2 amide bonds. The molecule has 0 bridgehead atoms. The van der Waals surface area contributed by atoms with E-state index < -0.39 is 5.97 Å². The molecule has 0 saturated carbocycles. The lowest BCUT2D eigenvalue weighted by molar-refractivity contribution is -0.136. The van der Waals surface area contributed by atoms with Crippen molar-refractivity contribution in [2.24, 2.45) is 0 Å². The van der Waals surface area contributed by atoms with Crippen LogP contribution in [0.3, 0.4) is 0 Å². The normalized spacial score (nSPS) is 10.1. The number of benzene rings is 1. The molecule has 0 aliphatic heterocycles. The molecule has 0 atom stereocenters. The van der Waals surface area contributed by atoms with Gasteiger partial charge in [-0.15, -0.1) is 0 Å². The Labute approximate surface area is 126 Å². The molecule has 0 radical (unpaired) electrons. The van der Waals surface area contributed by atoms with Crippen molar-refractivity contribution in [3.63, 3.8) is 0 Å². The lowest BCUT2D eigenvalue weighted by Gasteiger charge is -2.07. The Morgan fingerprint density at radius 1 is 1.10 bits per heavy atom. The molecule has 0 fully saturated rings. The third-order valence-electron chi connectivity index (χ3n) is 2.85. The van der Waals surface area contributed by atoms with Crippen LogP contribution in [0, 0.1) is 0 Å². The van der Waals surface area contributed by atoms with E-state index in [4.69, 9.17) is 5.11 Å². The Balaban J connectivity index is 1.75. The molecule has 0 spiro atoms. The molecule has 21 heavy (non-hydrogen) atoms. The maximum absolute atomic E-state index is 11.7. The fourth-order valence-corrected chi connectivity index (χ4v) is 2.51. The molecule has 0 aliphatic carbocycles. The average molecular weight is 304 g/mol. The minimum Gasteiger partial charge on any atom is -0.481 e. The van der Waals surface area contributed by atoms with E-state index in [0.29, 0.717) is 17.8 Å². The number of carboxylic acids is 1. The van der Waals surface area contributed by atoms with Gasteiger partial charge in [0, 0.05) is 12.2 Å². The van der Waals surface area contributed by atoms with E-state index in [1.807, 2.05) is 11.4 Å². The van der Waals surface area contributed by atoms with Crippen LogP contribution in [-0.4, -0.2) is 23.7 Å². The van der Waals surface area contributed by atoms with E-state index >= 15 is 0 Å². The van der Waals surface area contributed by atoms with Gasteiger partial charge in [-0.05, 0) is 46.5 Å². The van der Waals surface area contributed by atoms with Gasteiger partial charge in [-0.2, -0.15) is 11.3 Å². The van der Waals surface area contributed by atoms with Crippen molar-refractivity contribution in [1.82, 2.24) is 5.32 Å². The van der Waals surface area contributed by atoms with Crippen LogP contribution in [0.1, 0.15) is 11.1 Å². The topological polar surface area (TPSA) is 78.4 Å². The number of carboxylic acid groups (broad SMARTS) is 1. The molecule has 1 aromatic heterocycles. The fourth-order valence-electron chi connectivity index (χ4n) is 1.81. The summed E-state index contributed by atoms with van der Waals surface area (Å²) in [6, 6.07) is 8.53. The van der Waals surface area contributed by atoms with E-state index in [-0.39, 0.29) is 12.5 Å². The molecule has 6 heteroatoms. The van der Waals surface area contributed by atoms with Crippen molar-refractivity contribution >= 4 is 29.0 Å². The van der Waals surface area contributed by atoms with Gasteiger partial charge in [0.2, 0.25) is 0 Å². The summed E-state index contributed by atoms with van der Waals surface area (Å²) >= 11 is 1.64. The quantitative estimate of drug-likeness (QED) is 0.768. The third kappa shape index (κ3) is 5.27. The first-order valence-corrected chi connectivity index (χ1v) is 7.44. The number of hydrogen-bond acceptors (Lipinski definition) is 3. The minimum absolute atomic E-state index is 0.0207. The van der Waals surface area contributed by atoms with Gasteiger partial charge in [0.15, 0.2) is 0 Å². The van der Waals surface area contributed by atoms with E-state index in [2.05, 4.69) is 16.0 Å². The molecule has 0 unspecified atom stereocenters. The van der Waals surface area contributed by atoms with Crippen molar-refractivity contribution in [3.8, 4) is 0 Å². The largest absolute Gasteiger partial charge is 0.481 e. The van der Waals surface area contributed by atoms with Crippen LogP contribution in [0.15, 0.2) is 41.1 Å². The number of carbonyl (C=O) groups excluding carboxylic acids is 1. The molecule has 1 heterocycles. The minimum atomic E-state index is -0.873. The molecular formula is C15H16N2O3S. The van der Waals surface area contributed by atoms with Gasteiger partial charge in [0.1, 0.15) is 0 Å². The number of urea groups is 1. The van der Waals surface area contributed by atoms with Crippen LogP contribution in [0.2, 0.25) is 0 Å². The van der Waals surface area contributed by atoms with Crippen molar-refractivity contribution in [3.05, 3.63) is 52.2 Å². The van der Waals surface area contributed by atoms with Gasteiger partial charge in [-0.25, -0.2) is 4.79 Å². The molecule has 2 aromatic rings. The van der Waals surface area contributed by atoms with Crippen molar-refractivity contribution in [1.29, 1.82) is 0 Å². The van der Waals surface area contributed by atoms with Gasteiger partial charge in [-0.3, -0.25) is 4.79 Å². The summed E-state index contributed by atoms with van der Waals surface area (Å²) in [7, 11) is 0. The number of nitrogens with one attached hydrogen (secondary N) is 2. The zero-order chi connectivity index (χ0) is 15.1. The van der Waals surface area contributed by atoms with Gasteiger partial charge in [0.05, 0.1) is 6.42 Å². The molecule has 0 aliphatic rings. The number of anilines is 1. The van der Waals surface area contributed by atoms with Crippen molar-refractivity contribution in [2.45, 2.75) is 12.8 Å². The first-order valence-electron chi connectivity index (χ1n) is 6.50. The highest BCUT2D eigenvalue weighted by atomic mass is 32.1. The first kappa shape index (κ1) is 15.1. The highest BCUT2D eigenvalue weighted by molar-refractivity contribution is 7.07. The van der Waals surface area contributed by atoms with E-state index in [9.17, 15) is 9.59 Å². The number of aliphatic carboxylic acids is 1. The predicted molar refractivity (Wildman–Crippen MR) is 82.8 cm³/mol. The molecule has 110 valence electrons. The number of amides is 2. The summed E-state index contributed by atoms with van der Waals surface area (Å²) in [5.41, 5.74) is 2.54. The average Bonchev–Trinajstić information content (AvgIpc) is 2.93. The Morgan fingerprint density at radius 2 is 1.86 bits per heavy atom. The summed E-state index contributed by atoms with van der Waals surface area (Å²) in [6.07, 6.45) is 0.779. The smallest absolute Gasteiger partial charge is 0.319 e. The predicted octanol–water partition coefficient (Wildman–Crippen LogP) is 2.74. The van der Waals surface area contributed by atoms with Crippen LogP contribution in [-0.2, 0) is 17.6 Å². The van der Waals surface area contributed by atoms with Crippen LogP contribution in [0.4, 0.5) is 10.5 Å². The first-order chi connectivity index (χ1) is 10.1. The van der Waals surface area contributed by atoms with E-state index in [1.54, 1.807) is 35.6 Å². The molecule has 0 saturated heterocycles. The number of hydrogen-bond donors (Lipinski definition) is 3. The summed E-state index contributed by atoms with van der Waals surface area (Å²) in [6.45, 7) is 0.569. The second kappa shape index (κ2) is 7.44. The highest BCUT2D eigenvalue weighted by Crippen LogP contribution is 2.10. The zero-order valence-electron chi connectivity index (χ0n) is 11.3. The molecular weight excluding hydrogens is 288 g/mol. The van der Waals surface area contributed by atoms with Crippen molar-refractivity contribution in [2.75, 3.05) is 11.9 Å². The Hall–Kier alpha value is -2.34. The second-order valence-corrected chi connectivity index (χ2v) is 5.31. The van der Waals surface area contributed by atoms with Crippen LogP contribution in [0.25, 0.3) is 0 Å². The fraction of sp³-hybridized carbons (Fsp3) is 0.200. The summed E-state index contributed by atoms with van der Waals surface area (Å²) < 4.78 is 0. The molecule has 2 rings (SSSR count). The number of thiophene rings is 1. The Kier molecular flexibility index (Phi) is 5.34. The lowest BCUT2D eigenvalue weighted by Crippen LogP contribution is -2.30. The monoisotopic (exact) mass is 304 g/mol. The maximum atomic E-state index is 11.7. The third-order valence-corrected chi connectivity index (χ3v) is 3.58. The Bertz CT molecular complexity index is 594. The van der Waals surface area contributed by atoms with E-state index in [0.717, 1.165) is 6.42 Å². The van der Waals surface area contributed by atoms with Crippen LogP contribution < -0.4 is 10.6 Å². The molecule has 5 nitrogen and oxygen atoms in total. The lowest BCUT2D eigenvalue weighted by atomic mass is 10.1. The molecule has 3 N–H and O–H groups in total. The summed E-state index contributed by atoms with van der Waals surface area (Å²) in [5.74, 6) is -0.873.